The maximum Gasteiger partial charge on any atom is 0.130 e. The van der Waals surface area contributed by atoms with E-state index in [1.165, 1.54) is 12.8 Å². The Bertz CT molecular complexity index is 341. The molecule has 5 heteroatoms. The van der Waals surface area contributed by atoms with Crippen molar-refractivity contribution in [1.29, 1.82) is 0 Å². The summed E-state index contributed by atoms with van der Waals surface area (Å²) in [6, 6.07) is 1.97. The highest BCUT2D eigenvalue weighted by Gasteiger charge is 2.41. The molecule has 0 atom stereocenters. The van der Waals surface area contributed by atoms with Crippen molar-refractivity contribution in [3.8, 4) is 0 Å². The number of hydrogen-bond acceptors (Lipinski definition) is 4. The number of alkyl halides is 1. The van der Waals surface area contributed by atoms with Crippen LogP contribution in [0, 0.1) is 5.41 Å². The van der Waals surface area contributed by atoms with E-state index in [2.05, 4.69) is 15.3 Å². The fourth-order valence-electron chi connectivity index (χ4n) is 1.36. The Morgan fingerprint density at radius 1 is 1.53 bits per heavy atom. The van der Waals surface area contributed by atoms with E-state index in [9.17, 15) is 0 Å². The highest BCUT2D eigenvalue weighted by atomic mass is 35.5. The third-order valence-corrected chi connectivity index (χ3v) is 3.94. The fourth-order valence-corrected chi connectivity index (χ4v) is 2.10. The van der Waals surface area contributed by atoms with Crippen molar-refractivity contribution in [1.82, 2.24) is 9.97 Å². The lowest BCUT2D eigenvalue weighted by atomic mass is 10.1. The molecule has 1 aromatic heterocycles. The summed E-state index contributed by atoms with van der Waals surface area (Å²) in [4.78, 5) is 8.30. The van der Waals surface area contributed by atoms with Crippen molar-refractivity contribution in [2.75, 3.05) is 24.0 Å². The van der Waals surface area contributed by atoms with Crippen LogP contribution in [0.25, 0.3) is 0 Å². The van der Waals surface area contributed by atoms with Crippen molar-refractivity contribution >= 4 is 29.2 Å². The second-order valence-electron chi connectivity index (χ2n) is 3.93. The standard InChI is InChI=1S/C10H14ClN3S/c1-15-9-4-8(13-7-14-9)12-6-10(5-11)2-3-10/h4,7H,2-3,5-6H2,1H3,(H,12,13,14). The van der Waals surface area contributed by atoms with E-state index in [1.54, 1.807) is 18.1 Å². The lowest BCUT2D eigenvalue weighted by molar-refractivity contribution is 0.617. The Kier molecular flexibility index (Phi) is 3.36. The van der Waals surface area contributed by atoms with Crippen LogP contribution in [0.5, 0.6) is 0 Å². The molecule has 1 N–H and O–H groups in total. The van der Waals surface area contributed by atoms with Crippen LogP contribution in [0.1, 0.15) is 12.8 Å². The quantitative estimate of drug-likeness (QED) is 0.490. The Hall–Kier alpha value is -0.480. The van der Waals surface area contributed by atoms with E-state index >= 15 is 0 Å². The minimum atomic E-state index is 0.325. The topological polar surface area (TPSA) is 37.8 Å². The molecule has 0 aliphatic heterocycles. The van der Waals surface area contributed by atoms with Crippen LogP contribution in [0.15, 0.2) is 17.4 Å². The smallest absolute Gasteiger partial charge is 0.130 e. The maximum absolute atomic E-state index is 5.90. The normalized spacial score (nSPS) is 17.5. The lowest BCUT2D eigenvalue weighted by Crippen LogP contribution is -2.17. The van der Waals surface area contributed by atoms with E-state index < -0.39 is 0 Å². The monoisotopic (exact) mass is 243 g/mol. The van der Waals surface area contributed by atoms with Gasteiger partial charge in [0.2, 0.25) is 0 Å². The Balaban J connectivity index is 1.93. The molecule has 0 amide bonds. The summed E-state index contributed by atoms with van der Waals surface area (Å²) < 4.78 is 0. The highest BCUT2D eigenvalue weighted by molar-refractivity contribution is 7.98. The third-order valence-electron chi connectivity index (χ3n) is 2.74. The van der Waals surface area contributed by atoms with Gasteiger partial charge in [0.15, 0.2) is 0 Å². The average Bonchev–Trinajstić information content (AvgIpc) is 3.07. The predicted octanol–water partition coefficient (Wildman–Crippen LogP) is 2.63. The molecule has 3 nitrogen and oxygen atoms in total. The van der Waals surface area contributed by atoms with Crippen LogP contribution in [-0.2, 0) is 0 Å². The van der Waals surface area contributed by atoms with Gasteiger partial charge in [-0.1, -0.05) is 0 Å². The largest absolute Gasteiger partial charge is 0.369 e. The molecule has 1 aliphatic carbocycles. The van der Waals surface area contributed by atoms with Crippen LogP contribution in [0.3, 0.4) is 0 Å². The SMILES string of the molecule is CSc1cc(NCC2(CCl)CC2)ncn1. The van der Waals surface area contributed by atoms with Gasteiger partial charge in [-0.25, -0.2) is 9.97 Å². The summed E-state index contributed by atoms with van der Waals surface area (Å²) in [6.45, 7) is 0.918. The van der Waals surface area contributed by atoms with E-state index in [-0.39, 0.29) is 0 Å². The van der Waals surface area contributed by atoms with Gasteiger partial charge in [-0.05, 0) is 19.1 Å². The molecule has 1 heterocycles. The van der Waals surface area contributed by atoms with E-state index in [0.717, 1.165) is 23.3 Å². The molecule has 2 rings (SSSR count). The van der Waals surface area contributed by atoms with Gasteiger partial charge < -0.3 is 5.32 Å². The Labute approximate surface area is 99.0 Å². The molecule has 0 aromatic carbocycles. The highest BCUT2D eigenvalue weighted by Crippen LogP contribution is 2.46. The number of aromatic nitrogens is 2. The first-order chi connectivity index (χ1) is 7.28. The minimum Gasteiger partial charge on any atom is -0.369 e. The Morgan fingerprint density at radius 2 is 2.33 bits per heavy atom. The molecule has 1 aromatic rings. The second-order valence-corrected chi connectivity index (χ2v) is 5.03. The fraction of sp³-hybridized carbons (Fsp3) is 0.600. The van der Waals surface area contributed by atoms with Crippen molar-refractivity contribution in [3.63, 3.8) is 0 Å². The summed E-state index contributed by atoms with van der Waals surface area (Å²) in [7, 11) is 0. The van der Waals surface area contributed by atoms with E-state index in [0.29, 0.717) is 5.41 Å². The van der Waals surface area contributed by atoms with Gasteiger partial charge in [-0.15, -0.1) is 23.4 Å². The first-order valence-electron chi connectivity index (χ1n) is 4.94. The van der Waals surface area contributed by atoms with Gasteiger partial charge in [-0.3, -0.25) is 0 Å². The molecule has 1 fully saturated rings. The number of hydrogen-bond donors (Lipinski definition) is 1. The Morgan fingerprint density at radius 3 is 2.93 bits per heavy atom. The van der Waals surface area contributed by atoms with Gasteiger partial charge in [0, 0.05) is 23.9 Å². The van der Waals surface area contributed by atoms with Gasteiger partial charge in [0.05, 0.1) is 0 Å². The average molecular weight is 244 g/mol. The lowest BCUT2D eigenvalue weighted by Gasteiger charge is -2.12. The number of nitrogens with zero attached hydrogens (tertiary/aromatic N) is 2. The molecule has 0 radical (unpaired) electrons. The maximum atomic E-state index is 5.90. The van der Waals surface area contributed by atoms with Crippen molar-refractivity contribution < 1.29 is 0 Å². The molecule has 15 heavy (non-hydrogen) atoms. The number of thioether (sulfide) groups is 1. The zero-order valence-electron chi connectivity index (χ0n) is 8.66. The van der Waals surface area contributed by atoms with Gasteiger partial charge in [0.25, 0.3) is 0 Å². The van der Waals surface area contributed by atoms with Gasteiger partial charge >= 0.3 is 0 Å². The van der Waals surface area contributed by atoms with Crippen LogP contribution >= 0.6 is 23.4 Å². The van der Waals surface area contributed by atoms with E-state index in [1.807, 2.05) is 12.3 Å². The van der Waals surface area contributed by atoms with Gasteiger partial charge in [-0.2, -0.15) is 0 Å². The first kappa shape index (κ1) is 11.0. The van der Waals surface area contributed by atoms with E-state index in [4.69, 9.17) is 11.6 Å². The van der Waals surface area contributed by atoms with Crippen LogP contribution < -0.4 is 5.32 Å². The van der Waals surface area contributed by atoms with Crippen molar-refractivity contribution in [2.24, 2.45) is 5.41 Å². The predicted molar refractivity (Wildman–Crippen MR) is 64.7 cm³/mol. The summed E-state index contributed by atoms with van der Waals surface area (Å²) in [6.07, 6.45) is 6.05. The number of nitrogens with one attached hydrogen (secondary N) is 1. The summed E-state index contributed by atoms with van der Waals surface area (Å²) in [5.41, 5.74) is 0.325. The zero-order chi connectivity index (χ0) is 10.7. The van der Waals surface area contributed by atoms with Crippen LogP contribution in [0.2, 0.25) is 0 Å². The molecule has 1 aliphatic rings. The summed E-state index contributed by atoms with van der Waals surface area (Å²) in [5.74, 6) is 1.63. The first-order valence-corrected chi connectivity index (χ1v) is 6.70. The minimum absolute atomic E-state index is 0.325. The molecule has 0 spiro atoms. The van der Waals surface area contributed by atoms with Crippen LogP contribution in [0.4, 0.5) is 5.82 Å². The molecule has 0 saturated heterocycles. The molecular weight excluding hydrogens is 230 g/mol. The third kappa shape index (κ3) is 2.75. The summed E-state index contributed by atoms with van der Waals surface area (Å²) >= 11 is 7.52. The zero-order valence-corrected chi connectivity index (χ0v) is 10.2. The summed E-state index contributed by atoms with van der Waals surface area (Å²) in [5, 5.41) is 4.31. The van der Waals surface area contributed by atoms with Crippen molar-refractivity contribution in [3.05, 3.63) is 12.4 Å². The molecule has 0 bridgehead atoms. The molecular formula is C10H14ClN3S. The van der Waals surface area contributed by atoms with Crippen LogP contribution in [-0.4, -0.2) is 28.6 Å². The van der Waals surface area contributed by atoms with Gasteiger partial charge in [0.1, 0.15) is 17.2 Å². The molecule has 82 valence electrons. The number of rotatable bonds is 5. The van der Waals surface area contributed by atoms with Crippen molar-refractivity contribution in [2.45, 2.75) is 17.9 Å². The second kappa shape index (κ2) is 4.58. The number of halogens is 1. The number of anilines is 1. The molecule has 1 saturated carbocycles. The molecule has 0 unspecified atom stereocenters.